The minimum Gasteiger partial charge on any atom is -0.486 e. The van der Waals surface area contributed by atoms with E-state index < -0.39 is 11.7 Å². The van der Waals surface area contributed by atoms with Gasteiger partial charge in [-0.1, -0.05) is 12.1 Å². The summed E-state index contributed by atoms with van der Waals surface area (Å²) in [5.74, 6) is 0.610. The van der Waals surface area contributed by atoms with Crippen molar-refractivity contribution in [1.29, 1.82) is 0 Å². The van der Waals surface area contributed by atoms with Crippen molar-refractivity contribution in [2.24, 2.45) is 0 Å². The number of aromatic nitrogens is 2. The van der Waals surface area contributed by atoms with Crippen LogP contribution in [0.3, 0.4) is 0 Å². The molecule has 7 nitrogen and oxygen atoms in total. The first kappa shape index (κ1) is 21.8. The van der Waals surface area contributed by atoms with E-state index in [0.29, 0.717) is 37.8 Å². The molecule has 1 aromatic heterocycles. The summed E-state index contributed by atoms with van der Waals surface area (Å²) < 4.78 is 50.8. The molecule has 1 atom stereocenters. The zero-order chi connectivity index (χ0) is 21.7. The lowest BCUT2D eigenvalue weighted by Gasteiger charge is -2.32. The summed E-state index contributed by atoms with van der Waals surface area (Å²) in [4.78, 5) is 21.5. The van der Waals surface area contributed by atoms with Gasteiger partial charge in [-0.05, 0) is 18.6 Å². The normalized spacial score (nSPS) is 17.0. The van der Waals surface area contributed by atoms with Gasteiger partial charge in [0.2, 0.25) is 11.9 Å². The van der Waals surface area contributed by atoms with Crippen molar-refractivity contribution in [3.8, 4) is 5.75 Å². The summed E-state index contributed by atoms with van der Waals surface area (Å²) in [5, 5.41) is 2.72. The van der Waals surface area contributed by atoms with E-state index in [1.165, 1.54) is 25.4 Å². The standard InChI is InChI=1S/C20H23F3N4O3/c1-13-4-3-5-18(20(21,22)23)17(13)12-30-15-8-25-19(26-9-15)27-6-7-29-16(11-27)10-24-14(2)28/h3-5,8-9,16H,6-7,10-12H2,1-2H3,(H,24,28)/t16-/m1/s1. The Morgan fingerprint density at radius 1 is 1.33 bits per heavy atom. The molecule has 1 fully saturated rings. The quantitative estimate of drug-likeness (QED) is 0.769. The molecule has 0 bridgehead atoms. The second-order valence-corrected chi connectivity index (χ2v) is 6.98. The molecule has 3 rings (SSSR count). The Kier molecular flexibility index (Phi) is 6.76. The fourth-order valence-electron chi connectivity index (χ4n) is 3.14. The number of carbonyl (C=O) groups is 1. The van der Waals surface area contributed by atoms with E-state index in [-0.39, 0.29) is 29.9 Å². The monoisotopic (exact) mass is 424 g/mol. The highest BCUT2D eigenvalue weighted by Crippen LogP contribution is 2.33. The van der Waals surface area contributed by atoms with E-state index in [1.54, 1.807) is 13.0 Å². The van der Waals surface area contributed by atoms with Crippen LogP contribution >= 0.6 is 0 Å². The van der Waals surface area contributed by atoms with Crippen LogP contribution in [0.2, 0.25) is 0 Å². The average molecular weight is 424 g/mol. The number of nitrogens with one attached hydrogen (secondary N) is 1. The molecule has 1 N–H and O–H groups in total. The maximum Gasteiger partial charge on any atom is 0.416 e. The minimum absolute atomic E-state index is 0.0862. The zero-order valence-corrected chi connectivity index (χ0v) is 16.7. The van der Waals surface area contributed by atoms with E-state index in [4.69, 9.17) is 9.47 Å². The second kappa shape index (κ2) is 9.29. The molecule has 30 heavy (non-hydrogen) atoms. The molecule has 2 heterocycles. The van der Waals surface area contributed by atoms with Crippen molar-refractivity contribution in [2.75, 3.05) is 31.1 Å². The number of aryl methyl sites for hydroxylation is 1. The van der Waals surface area contributed by atoms with Crippen molar-refractivity contribution in [2.45, 2.75) is 32.7 Å². The molecule has 2 aromatic rings. The third-order valence-corrected chi connectivity index (χ3v) is 4.71. The van der Waals surface area contributed by atoms with Crippen LogP contribution in [0, 0.1) is 6.92 Å². The number of anilines is 1. The summed E-state index contributed by atoms with van der Waals surface area (Å²) in [6, 6.07) is 4.03. The zero-order valence-electron chi connectivity index (χ0n) is 16.7. The van der Waals surface area contributed by atoms with E-state index >= 15 is 0 Å². The highest BCUT2D eigenvalue weighted by Gasteiger charge is 2.33. The highest BCUT2D eigenvalue weighted by molar-refractivity contribution is 5.72. The predicted octanol–water partition coefficient (Wildman–Crippen LogP) is 2.72. The van der Waals surface area contributed by atoms with Gasteiger partial charge in [0.25, 0.3) is 0 Å². The molecule has 0 spiro atoms. The van der Waals surface area contributed by atoms with E-state index in [2.05, 4.69) is 15.3 Å². The Bertz CT molecular complexity index is 875. The third-order valence-electron chi connectivity index (χ3n) is 4.71. The van der Waals surface area contributed by atoms with Gasteiger partial charge in [-0.15, -0.1) is 0 Å². The number of morpholine rings is 1. The van der Waals surface area contributed by atoms with Crippen LogP contribution in [0.15, 0.2) is 30.6 Å². The summed E-state index contributed by atoms with van der Waals surface area (Å²) in [6.07, 6.45) is -1.75. The Morgan fingerprint density at radius 2 is 2.07 bits per heavy atom. The van der Waals surface area contributed by atoms with Crippen LogP contribution in [0.25, 0.3) is 0 Å². The van der Waals surface area contributed by atoms with E-state index in [9.17, 15) is 18.0 Å². The van der Waals surface area contributed by atoms with Crippen molar-refractivity contribution in [3.63, 3.8) is 0 Å². The van der Waals surface area contributed by atoms with Crippen molar-refractivity contribution < 1.29 is 27.4 Å². The number of nitrogens with zero attached hydrogens (tertiary/aromatic N) is 3. The van der Waals surface area contributed by atoms with Gasteiger partial charge >= 0.3 is 6.18 Å². The number of ether oxygens (including phenoxy) is 2. The Balaban J connectivity index is 1.63. The lowest BCUT2D eigenvalue weighted by molar-refractivity contribution is -0.138. The van der Waals surface area contributed by atoms with E-state index in [1.807, 2.05) is 4.90 Å². The van der Waals surface area contributed by atoms with Gasteiger partial charge in [0.05, 0.1) is 30.7 Å². The Morgan fingerprint density at radius 3 is 2.73 bits per heavy atom. The highest BCUT2D eigenvalue weighted by atomic mass is 19.4. The number of alkyl halides is 3. The first-order chi connectivity index (χ1) is 14.2. The van der Waals surface area contributed by atoms with Crippen LogP contribution in [0.1, 0.15) is 23.6 Å². The van der Waals surface area contributed by atoms with Crippen molar-refractivity contribution >= 4 is 11.9 Å². The third kappa shape index (κ3) is 5.59. The average Bonchev–Trinajstić information content (AvgIpc) is 2.71. The summed E-state index contributed by atoms with van der Waals surface area (Å²) in [7, 11) is 0. The fourth-order valence-corrected chi connectivity index (χ4v) is 3.14. The number of halogens is 3. The van der Waals surface area contributed by atoms with Crippen LogP contribution in [0.4, 0.5) is 19.1 Å². The number of hydrogen-bond donors (Lipinski definition) is 1. The van der Waals surface area contributed by atoms with E-state index in [0.717, 1.165) is 6.07 Å². The van der Waals surface area contributed by atoms with Crippen molar-refractivity contribution in [1.82, 2.24) is 15.3 Å². The van der Waals surface area contributed by atoms with Crippen LogP contribution in [0.5, 0.6) is 5.75 Å². The summed E-state index contributed by atoms with van der Waals surface area (Å²) in [6.45, 7) is 4.79. The van der Waals surface area contributed by atoms with Crippen molar-refractivity contribution in [3.05, 3.63) is 47.3 Å². The smallest absolute Gasteiger partial charge is 0.416 e. The molecule has 0 saturated carbocycles. The van der Waals surface area contributed by atoms with Crippen LogP contribution in [-0.4, -0.2) is 48.2 Å². The second-order valence-electron chi connectivity index (χ2n) is 6.98. The maximum absolute atomic E-state index is 13.2. The SMILES string of the molecule is CC(=O)NC[C@@H]1CN(c2ncc(OCc3c(C)cccc3C(F)(F)F)cn2)CCO1. The Labute approximate surface area is 172 Å². The fraction of sp³-hybridized carbons (Fsp3) is 0.450. The molecule has 0 radical (unpaired) electrons. The molecule has 1 aliphatic heterocycles. The van der Waals surface area contributed by atoms with Crippen LogP contribution < -0.4 is 15.0 Å². The summed E-state index contributed by atoms with van der Waals surface area (Å²) in [5.41, 5.74) is -0.123. The van der Waals surface area contributed by atoms with Gasteiger partial charge in [0.15, 0.2) is 5.75 Å². The van der Waals surface area contributed by atoms with Gasteiger partial charge in [0, 0.05) is 32.1 Å². The number of benzene rings is 1. The molecule has 1 amide bonds. The molecule has 162 valence electrons. The minimum atomic E-state index is -4.45. The number of rotatable bonds is 6. The topological polar surface area (TPSA) is 76.6 Å². The van der Waals surface area contributed by atoms with Gasteiger partial charge in [-0.2, -0.15) is 13.2 Å². The largest absolute Gasteiger partial charge is 0.486 e. The van der Waals surface area contributed by atoms with Gasteiger partial charge in [-0.25, -0.2) is 9.97 Å². The molecule has 1 aliphatic rings. The maximum atomic E-state index is 13.2. The number of carbonyl (C=O) groups excluding carboxylic acids is 1. The Hall–Kier alpha value is -2.88. The number of amides is 1. The predicted molar refractivity (Wildman–Crippen MR) is 103 cm³/mol. The first-order valence-electron chi connectivity index (χ1n) is 9.45. The van der Waals surface area contributed by atoms with Gasteiger partial charge in [-0.3, -0.25) is 4.79 Å². The van der Waals surface area contributed by atoms with Gasteiger partial charge < -0.3 is 19.7 Å². The molecule has 10 heteroatoms. The number of hydrogen-bond acceptors (Lipinski definition) is 6. The molecule has 1 aromatic carbocycles. The van der Waals surface area contributed by atoms with Crippen LogP contribution in [-0.2, 0) is 22.3 Å². The molecular weight excluding hydrogens is 401 g/mol. The molecule has 0 unspecified atom stereocenters. The molecular formula is C20H23F3N4O3. The molecule has 0 aliphatic carbocycles. The lowest BCUT2D eigenvalue weighted by Crippen LogP contribution is -2.47. The lowest BCUT2D eigenvalue weighted by atomic mass is 10.0. The van der Waals surface area contributed by atoms with Gasteiger partial charge in [0.1, 0.15) is 6.61 Å². The summed E-state index contributed by atoms with van der Waals surface area (Å²) >= 11 is 0. The first-order valence-corrected chi connectivity index (χ1v) is 9.45. The molecule has 1 saturated heterocycles.